The summed E-state index contributed by atoms with van der Waals surface area (Å²) in [6.45, 7) is 8.21. The fourth-order valence-electron chi connectivity index (χ4n) is 3.77. The largest absolute Gasteiger partial charge is 0.387 e. The molecule has 9 nitrogen and oxygen atoms in total. The molecule has 0 saturated carbocycles. The summed E-state index contributed by atoms with van der Waals surface area (Å²) in [7, 11) is -1.90. The van der Waals surface area contributed by atoms with E-state index < -0.39 is 20.7 Å². The zero-order chi connectivity index (χ0) is 28.5. The number of allylic oxidation sites excluding steroid dienone is 1. The Labute approximate surface area is 236 Å². The van der Waals surface area contributed by atoms with Gasteiger partial charge in [0.05, 0.1) is 18.8 Å². The first kappa shape index (κ1) is 40.0. The molecule has 3 atom stereocenters. The number of hydrogen-bond donors (Lipinski definition) is 8. The molecule has 38 heavy (non-hydrogen) atoms. The van der Waals surface area contributed by atoms with Gasteiger partial charge < -0.3 is 42.4 Å². The van der Waals surface area contributed by atoms with E-state index in [0.717, 1.165) is 65.0 Å². The van der Waals surface area contributed by atoms with Gasteiger partial charge in [-0.1, -0.05) is 83.3 Å². The van der Waals surface area contributed by atoms with Crippen LogP contribution in [0.1, 0.15) is 110 Å². The van der Waals surface area contributed by atoms with Crippen LogP contribution in [0.25, 0.3) is 0 Å². The lowest BCUT2D eigenvalue weighted by Crippen LogP contribution is -2.37. The second-order valence-corrected chi connectivity index (χ2v) is 10.9. The molecule has 0 radical (unpaired) electrons. The highest BCUT2D eigenvalue weighted by Gasteiger charge is 2.13. The normalized spacial score (nSPS) is 13.9. The predicted molar refractivity (Wildman–Crippen MR) is 166 cm³/mol. The smallest absolute Gasteiger partial charge is 0.250 e. The Hall–Kier alpha value is -0.190. The van der Waals surface area contributed by atoms with Gasteiger partial charge in [-0.2, -0.15) is 0 Å². The SMILES string of the molecule is CCCCCCCCCCCCCC=CC(O)C(N)COP(N)O.NCCCNCCCCNCCCN. The number of nitrogens with one attached hydrogen (secondary N) is 2. The monoisotopic (exact) mass is 564 g/mol. The minimum Gasteiger partial charge on any atom is -0.387 e. The van der Waals surface area contributed by atoms with E-state index >= 15 is 0 Å². The number of rotatable bonds is 28. The number of aliphatic hydroxyl groups is 1. The molecule has 230 valence electrons. The first-order valence-electron chi connectivity index (χ1n) is 15.3. The van der Waals surface area contributed by atoms with Crippen LogP contribution in [0.3, 0.4) is 0 Å². The maximum absolute atomic E-state index is 9.80. The highest BCUT2D eigenvalue weighted by molar-refractivity contribution is 7.43. The van der Waals surface area contributed by atoms with E-state index in [-0.39, 0.29) is 6.61 Å². The molecule has 0 fully saturated rings. The molecule has 0 bridgehead atoms. The van der Waals surface area contributed by atoms with Crippen LogP contribution in [0.5, 0.6) is 0 Å². The van der Waals surface area contributed by atoms with Crippen molar-refractivity contribution in [2.75, 3.05) is 45.9 Å². The predicted octanol–water partition coefficient (Wildman–Crippen LogP) is 3.77. The van der Waals surface area contributed by atoms with Gasteiger partial charge in [0.2, 0.25) is 8.53 Å². The van der Waals surface area contributed by atoms with Crippen LogP contribution in [0, 0.1) is 0 Å². The Kier molecular flexibility index (Phi) is 36.6. The van der Waals surface area contributed by atoms with Gasteiger partial charge >= 0.3 is 0 Å². The molecule has 10 heteroatoms. The van der Waals surface area contributed by atoms with Crippen molar-refractivity contribution in [2.24, 2.45) is 22.7 Å². The highest BCUT2D eigenvalue weighted by Crippen LogP contribution is 2.19. The molecule has 0 rings (SSSR count). The molecule has 0 aromatic rings. The fourth-order valence-corrected chi connectivity index (χ4v) is 4.09. The summed E-state index contributed by atoms with van der Waals surface area (Å²) in [6.07, 6.45) is 23.2. The minimum atomic E-state index is -1.90. The molecule has 0 aliphatic heterocycles. The number of unbranched alkanes of at least 4 members (excludes halogenated alkanes) is 12. The molecule has 0 aromatic heterocycles. The summed E-state index contributed by atoms with van der Waals surface area (Å²) in [5, 5.41) is 16.5. The van der Waals surface area contributed by atoms with Crippen LogP contribution in [0.15, 0.2) is 12.2 Å². The summed E-state index contributed by atoms with van der Waals surface area (Å²) >= 11 is 0. The molecule has 0 aliphatic carbocycles. The Morgan fingerprint density at radius 3 is 1.63 bits per heavy atom. The van der Waals surface area contributed by atoms with Crippen LogP contribution >= 0.6 is 8.53 Å². The van der Waals surface area contributed by atoms with Gasteiger partial charge in [0.25, 0.3) is 0 Å². The van der Waals surface area contributed by atoms with Gasteiger partial charge in [-0.25, -0.2) is 0 Å². The number of nitrogens with two attached hydrogens (primary N) is 4. The molecule has 0 saturated heterocycles. The molecule has 0 aromatic carbocycles. The molecule has 0 aliphatic rings. The van der Waals surface area contributed by atoms with Crippen LogP contribution in [-0.2, 0) is 4.52 Å². The third-order valence-corrected chi connectivity index (χ3v) is 6.63. The average Bonchev–Trinajstić information content (AvgIpc) is 2.91. The first-order chi connectivity index (χ1) is 18.5. The summed E-state index contributed by atoms with van der Waals surface area (Å²) in [6, 6.07) is -0.556. The van der Waals surface area contributed by atoms with Crippen molar-refractivity contribution in [3.63, 3.8) is 0 Å². The van der Waals surface area contributed by atoms with E-state index in [2.05, 4.69) is 17.6 Å². The van der Waals surface area contributed by atoms with E-state index in [0.29, 0.717) is 0 Å². The topological polar surface area (TPSA) is 178 Å². The van der Waals surface area contributed by atoms with E-state index in [1.165, 1.54) is 77.0 Å². The molecular formula is C28H65N6O3P. The third-order valence-electron chi connectivity index (χ3n) is 6.22. The number of hydrogen-bond acceptors (Lipinski definition) is 9. The van der Waals surface area contributed by atoms with Crippen molar-refractivity contribution >= 4 is 8.53 Å². The van der Waals surface area contributed by atoms with E-state index in [1.807, 2.05) is 6.08 Å². The fraction of sp³-hybridized carbons (Fsp3) is 0.929. The van der Waals surface area contributed by atoms with Crippen LogP contribution < -0.4 is 33.3 Å². The summed E-state index contributed by atoms with van der Waals surface area (Å²) in [4.78, 5) is 8.85. The highest BCUT2D eigenvalue weighted by atomic mass is 31.2. The van der Waals surface area contributed by atoms with Gasteiger partial charge in [-0.3, -0.25) is 5.50 Å². The van der Waals surface area contributed by atoms with Crippen molar-refractivity contribution in [1.82, 2.24) is 10.6 Å². The van der Waals surface area contributed by atoms with Crippen LogP contribution in [-0.4, -0.2) is 68.0 Å². The average molecular weight is 565 g/mol. The van der Waals surface area contributed by atoms with E-state index in [9.17, 15) is 5.11 Å². The zero-order valence-electron chi connectivity index (χ0n) is 24.6. The van der Waals surface area contributed by atoms with Gasteiger partial charge in [0.15, 0.2) is 0 Å². The standard InChI is InChI=1S/C18H39N2O3P.C10H26N4/c1-2-3-4-5-6-7-8-9-10-11-12-13-14-15-18(21)17(19)16-23-24(20)22;11-5-3-9-13-7-1-2-8-14-10-4-6-12/h14-15,17-18,21-22H,2-13,16,19-20H2,1H3;13-14H,1-12H2. The van der Waals surface area contributed by atoms with Gasteiger partial charge in [-0.15, -0.1) is 0 Å². The molecule has 0 heterocycles. The quantitative estimate of drug-likeness (QED) is 0.0399. The van der Waals surface area contributed by atoms with Gasteiger partial charge in [0, 0.05) is 0 Å². The Balaban J connectivity index is 0. The molecule has 12 N–H and O–H groups in total. The van der Waals surface area contributed by atoms with Crippen molar-refractivity contribution in [3.05, 3.63) is 12.2 Å². The lowest BCUT2D eigenvalue weighted by atomic mass is 10.0. The lowest BCUT2D eigenvalue weighted by molar-refractivity contribution is 0.153. The van der Waals surface area contributed by atoms with Crippen molar-refractivity contribution in [1.29, 1.82) is 0 Å². The maximum Gasteiger partial charge on any atom is 0.250 e. The van der Waals surface area contributed by atoms with Crippen LogP contribution in [0.4, 0.5) is 0 Å². The molecule has 3 unspecified atom stereocenters. The summed E-state index contributed by atoms with van der Waals surface area (Å²) < 4.78 is 4.82. The van der Waals surface area contributed by atoms with Gasteiger partial charge in [0.1, 0.15) is 0 Å². The second-order valence-electron chi connectivity index (χ2n) is 10.00. The summed E-state index contributed by atoms with van der Waals surface area (Å²) in [5.74, 6) is 0. The lowest BCUT2D eigenvalue weighted by Gasteiger charge is -2.16. The molecule has 0 amide bonds. The van der Waals surface area contributed by atoms with E-state index in [1.54, 1.807) is 6.08 Å². The second kappa shape index (κ2) is 34.8. The maximum atomic E-state index is 9.80. The molecular weight excluding hydrogens is 499 g/mol. The summed E-state index contributed by atoms with van der Waals surface area (Å²) in [5.41, 5.74) is 21.6. The van der Waals surface area contributed by atoms with Gasteiger partial charge in [-0.05, 0) is 77.8 Å². The van der Waals surface area contributed by atoms with E-state index in [4.69, 9.17) is 32.1 Å². The van der Waals surface area contributed by atoms with Crippen molar-refractivity contribution in [3.8, 4) is 0 Å². The Morgan fingerprint density at radius 2 is 1.18 bits per heavy atom. The number of aliphatic hydroxyl groups excluding tert-OH is 1. The first-order valence-corrected chi connectivity index (χ1v) is 16.6. The third kappa shape index (κ3) is 35.8. The molecule has 0 spiro atoms. The Bertz CT molecular complexity index is 452. The van der Waals surface area contributed by atoms with Crippen LogP contribution in [0.2, 0.25) is 0 Å². The zero-order valence-corrected chi connectivity index (χ0v) is 25.5. The van der Waals surface area contributed by atoms with Crippen molar-refractivity contribution in [2.45, 2.75) is 122 Å². The van der Waals surface area contributed by atoms with Crippen molar-refractivity contribution < 1.29 is 14.5 Å². The Morgan fingerprint density at radius 1 is 0.737 bits per heavy atom. The minimum absolute atomic E-state index is 0.0582.